The number of carbonyl (C=O) groups is 4. The molecule has 0 saturated heterocycles. The molecule has 0 aliphatic rings. The monoisotopic (exact) mass is 1270 g/mol. The zero-order valence-corrected chi connectivity index (χ0v) is 57.4. The minimum atomic E-state index is -4.95. The highest BCUT2D eigenvalue weighted by Gasteiger charge is 2.30. The molecule has 19 heteroatoms. The maximum absolute atomic E-state index is 13.0. The van der Waals surface area contributed by atoms with Crippen molar-refractivity contribution in [2.75, 3.05) is 39.6 Å². The summed E-state index contributed by atoms with van der Waals surface area (Å²) in [4.78, 5) is 72.3. The summed E-state index contributed by atoms with van der Waals surface area (Å²) in [7, 11) is -9.89. The lowest BCUT2D eigenvalue weighted by Crippen LogP contribution is -2.30. The predicted molar refractivity (Wildman–Crippen MR) is 345 cm³/mol. The molecule has 0 aliphatic heterocycles. The molecule has 0 aliphatic carbocycles. The highest BCUT2D eigenvalue weighted by molar-refractivity contribution is 7.47. The Kier molecular flexibility index (Phi) is 58.0. The van der Waals surface area contributed by atoms with E-state index in [1.165, 1.54) is 148 Å². The fourth-order valence-corrected chi connectivity index (χ4v) is 11.6. The summed E-state index contributed by atoms with van der Waals surface area (Å²) in [6, 6.07) is 0. The number of carbonyl (C=O) groups excluding carboxylic acids is 4. The molecule has 0 aromatic rings. The van der Waals surface area contributed by atoms with Crippen LogP contribution < -0.4 is 0 Å². The number of hydrogen-bond donors (Lipinski definition) is 3. The van der Waals surface area contributed by atoms with Crippen molar-refractivity contribution in [3.63, 3.8) is 0 Å². The first-order valence-electron chi connectivity index (χ1n) is 35.0. The second-order valence-electron chi connectivity index (χ2n) is 25.2. The van der Waals surface area contributed by atoms with Gasteiger partial charge in [-0.3, -0.25) is 37.3 Å². The van der Waals surface area contributed by atoms with Gasteiger partial charge in [-0.1, -0.05) is 286 Å². The van der Waals surface area contributed by atoms with E-state index < -0.39 is 97.5 Å². The topological polar surface area (TPSA) is 237 Å². The number of hydrogen-bond acceptors (Lipinski definition) is 15. The third-order valence-corrected chi connectivity index (χ3v) is 17.4. The number of rotatable bonds is 66. The number of esters is 4. The summed E-state index contributed by atoms with van der Waals surface area (Å²) < 4.78 is 68.1. The molecule has 0 heterocycles. The number of ether oxygens (including phenoxy) is 4. The van der Waals surface area contributed by atoms with Crippen molar-refractivity contribution >= 4 is 39.5 Å². The highest BCUT2D eigenvalue weighted by Crippen LogP contribution is 2.45. The van der Waals surface area contributed by atoms with Gasteiger partial charge in [-0.15, -0.1) is 0 Å². The number of phosphoric ester groups is 2. The Balaban J connectivity index is 5.20. The standard InChI is InChI=1S/C67H130O17P2/c1-7-9-11-13-15-17-26-32-39-45-51-66(71)83-62(55-77-64(69)49-43-37-31-24-16-14-12-10-8-2)57-81-85(73,74)79-53-61(68)54-80-86(75,76)82-58-63(56-78-65(70)50-44-38-34-28-30-36-42-48-60(5)6)84-67(72)52-46-40-33-27-23-21-19-18-20-22-25-29-35-41-47-59(3)4/h59-63,68H,7-58H2,1-6H3,(H,73,74)(H,75,76)/t61-,62+,63+/m0/s1. The van der Waals surface area contributed by atoms with Crippen molar-refractivity contribution in [3.05, 3.63) is 0 Å². The maximum atomic E-state index is 13.0. The van der Waals surface area contributed by atoms with Gasteiger partial charge in [0.2, 0.25) is 0 Å². The van der Waals surface area contributed by atoms with Crippen molar-refractivity contribution < 1.29 is 80.2 Å². The van der Waals surface area contributed by atoms with Crippen molar-refractivity contribution in [1.29, 1.82) is 0 Å². The molecule has 0 saturated carbocycles. The lowest BCUT2D eigenvalue weighted by atomic mass is 10.0. The van der Waals surface area contributed by atoms with E-state index >= 15 is 0 Å². The Morgan fingerprint density at radius 2 is 0.535 bits per heavy atom. The van der Waals surface area contributed by atoms with Crippen molar-refractivity contribution in [2.24, 2.45) is 11.8 Å². The van der Waals surface area contributed by atoms with Gasteiger partial charge >= 0.3 is 39.5 Å². The molecule has 5 atom stereocenters. The summed E-state index contributed by atoms with van der Waals surface area (Å²) in [5.41, 5.74) is 0. The zero-order valence-electron chi connectivity index (χ0n) is 55.6. The second kappa shape index (κ2) is 59.4. The van der Waals surface area contributed by atoms with Crippen LogP contribution in [0.25, 0.3) is 0 Å². The number of unbranched alkanes of at least 4 members (excludes halogenated alkanes) is 36. The van der Waals surface area contributed by atoms with E-state index in [1.54, 1.807) is 0 Å². The second-order valence-corrected chi connectivity index (χ2v) is 28.1. The lowest BCUT2D eigenvalue weighted by molar-refractivity contribution is -0.161. The molecule has 510 valence electrons. The zero-order chi connectivity index (χ0) is 63.6. The molecule has 0 fully saturated rings. The SMILES string of the molecule is CCCCCCCCCCCCC(=O)O[C@H](COC(=O)CCCCCCCCCCC)COP(=O)(O)OC[C@H](O)COP(=O)(O)OC[C@@H](COC(=O)CCCCCCCCCC(C)C)OC(=O)CCCCCCCCCCCCCCCCC(C)C. The van der Waals surface area contributed by atoms with Crippen LogP contribution in [0.4, 0.5) is 0 Å². The quantitative estimate of drug-likeness (QED) is 0.0222. The molecule has 17 nitrogen and oxygen atoms in total. The lowest BCUT2D eigenvalue weighted by Gasteiger charge is -2.21. The first-order chi connectivity index (χ1) is 41.4. The fourth-order valence-electron chi connectivity index (χ4n) is 10.1. The van der Waals surface area contributed by atoms with Gasteiger partial charge in [-0.2, -0.15) is 0 Å². The van der Waals surface area contributed by atoms with Gasteiger partial charge in [0.05, 0.1) is 26.4 Å². The normalized spacial score (nSPS) is 14.2. The van der Waals surface area contributed by atoms with Crippen LogP contribution in [0, 0.1) is 11.8 Å². The van der Waals surface area contributed by atoms with Crippen LogP contribution in [0.2, 0.25) is 0 Å². The Hall–Kier alpha value is -1.94. The summed E-state index contributed by atoms with van der Waals surface area (Å²) in [6.07, 6.45) is 43.1. The summed E-state index contributed by atoms with van der Waals surface area (Å²) in [6.45, 7) is 9.47. The minimum absolute atomic E-state index is 0.106. The molecule has 0 aromatic heterocycles. The molecule has 0 rings (SSSR count). The first kappa shape index (κ1) is 84.1. The van der Waals surface area contributed by atoms with Crippen LogP contribution in [0.5, 0.6) is 0 Å². The van der Waals surface area contributed by atoms with Gasteiger partial charge in [0.15, 0.2) is 12.2 Å². The first-order valence-corrected chi connectivity index (χ1v) is 38.0. The molecule has 3 N–H and O–H groups in total. The molecule has 0 bridgehead atoms. The summed E-state index contributed by atoms with van der Waals surface area (Å²) >= 11 is 0. The molecule has 0 aromatic carbocycles. The van der Waals surface area contributed by atoms with Crippen LogP contribution in [0.15, 0.2) is 0 Å². The minimum Gasteiger partial charge on any atom is -0.462 e. The van der Waals surface area contributed by atoms with E-state index in [9.17, 15) is 43.2 Å². The third-order valence-electron chi connectivity index (χ3n) is 15.5. The summed E-state index contributed by atoms with van der Waals surface area (Å²) in [5.74, 6) is -0.631. The van der Waals surface area contributed by atoms with Gasteiger partial charge in [-0.25, -0.2) is 9.13 Å². The van der Waals surface area contributed by atoms with Crippen molar-refractivity contribution in [3.8, 4) is 0 Å². The Labute approximate surface area is 524 Å². The van der Waals surface area contributed by atoms with Gasteiger partial charge in [-0.05, 0) is 37.5 Å². The molecule has 86 heavy (non-hydrogen) atoms. The van der Waals surface area contributed by atoms with E-state index in [0.29, 0.717) is 31.6 Å². The average Bonchev–Trinajstić information content (AvgIpc) is 3.60. The van der Waals surface area contributed by atoms with Crippen LogP contribution >= 0.6 is 15.6 Å². The Morgan fingerprint density at radius 3 is 0.791 bits per heavy atom. The summed E-state index contributed by atoms with van der Waals surface area (Å²) in [5, 5.41) is 10.5. The average molecular weight is 1270 g/mol. The van der Waals surface area contributed by atoms with E-state index in [0.717, 1.165) is 102 Å². The molecule has 2 unspecified atom stereocenters. The smallest absolute Gasteiger partial charge is 0.462 e. The third kappa shape index (κ3) is 60.9. The molecular formula is C67H130O17P2. The van der Waals surface area contributed by atoms with Crippen molar-refractivity contribution in [2.45, 2.75) is 355 Å². The molecule has 0 spiro atoms. The molecule has 0 radical (unpaired) electrons. The van der Waals surface area contributed by atoms with E-state index in [1.807, 2.05) is 0 Å². The Morgan fingerprint density at radius 1 is 0.314 bits per heavy atom. The maximum Gasteiger partial charge on any atom is 0.472 e. The van der Waals surface area contributed by atoms with Crippen LogP contribution in [0.1, 0.15) is 337 Å². The largest absolute Gasteiger partial charge is 0.472 e. The molecule has 0 amide bonds. The Bertz CT molecular complexity index is 1680. The van der Waals surface area contributed by atoms with Crippen molar-refractivity contribution in [1.82, 2.24) is 0 Å². The number of aliphatic hydroxyl groups is 1. The van der Waals surface area contributed by atoms with Gasteiger partial charge in [0, 0.05) is 25.7 Å². The van der Waals surface area contributed by atoms with Crippen LogP contribution in [-0.2, 0) is 65.4 Å². The van der Waals surface area contributed by atoms with Gasteiger partial charge in [0.1, 0.15) is 19.3 Å². The van der Waals surface area contributed by atoms with E-state index in [2.05, 4.69) is 41.5 Å². The van der Waals surface area contributed by atoms with Gasteiger partial charge in [0.25, 0.3) is 0 Å². The highest BCUT2D eigenvalue weighted by atomic mass is 31.2. The van der Waals surface area contributed by atoms with Gasteiger partial charge < -0.3 is 33.8 Å². The number of phosphoric acid groups is 2. The number of aliphatic hydroxyl groups excluding tert-OH is 1. The van der Waals surface area contributed by atoms with Crippen LogP contribution in [-0.4, -0.2) is 96.7 Å². The van der Waals surface area contributed by atoms with Crippen LogP contribution in [0.3, 0.4) is 0 Å². The molecular weight excluding hydrogens is 1140 g/mol. The van der Waals surface area contributed by atoms with E-state index in [4.69, 9.17) is 37.0 Å². The predicted octanol–water partition coefficient (Wildman–Crippen LogP) is 18.8. The fraction of sp³-hybridized carbons (Fsp3) is 0.940. The van der Waals surface area contributed by atoms with E-state index in [-0.39, 0.29) is 25.7 Å².